The van der Waals surface area contributed by atoms with Crippen molar-refractivity contribution >= 4 is 15.7 Å². The summed E-state index contributed by atoms with van der Waals surface area (Å²) in [5.74, 6) is 5.45. The maximum Gasteiger partial charge on any atom is 0.333 e. The Labute approximate surface area is 146 Å². The molecule has 3 N–H and O–H groups in total. The highest BCUT2D eigenvalue weighted by molar-refractivity contribution is 7.89. The summed E-state index contributed by atoms with van der Waals surface area (Å²) in [5.41, 5.74) is 2.92. The molecule has 3 rings (SSSR count). The molecule has 8 heteroatoms. The number of nitrogens with zero attached hydrogens (tertiary/aromatic N) is 2. The van der Waals surface area contributed by atoms with Gasteiger partial charge in [-0.25, -0.2) is 8.42 Å². The molecule has 0 fully saturated rings. The SMILES string of the molecule is CN(C)c1ccc(-c2oc(S(=O)(=O)NN)nc2-c2ccccc2)cc1. The van der Waals surface area contributed by atoms with Crippen molar-refractivity contribution in [3.8, 4) is 22.6 Å². The number of nitrogens with one attached hydrogen (secondary N) is 1. The molecule has 0 bridgehead atoms. The van der Waals surface area contributed by atoms with E-state index in [1.807, 2.05) is 73.6 Å². The van der Waals surface area contributed by atoms with Crippen molar-refractivity contribution in [2.45, 2.75) is 5.22 Å². The number of anilines is 1. The third-order valence-electron chi connectivity index (χ3n) is 3.69. The third-order valence-corrected chi connectivity index (χ3v) is 4.63. The van der Waals surface area contributed by atoms with Crippen molar-refractivity contribution in [3.63, 3.8) is 0 Å². The molecule has 0 aliphatic carbocycles. The minimum absolute atomic E-state index is 0.366. The third kappa shape index (κ3) is 3.41. The van der Waals surface area contributed by atoms with E-state index in [-0.39, 0.29) is 0 Å². The van der Waals surface area contributed by atoms with E-state index in [1.54, 1.807) is 4.83 Å². The Morgan fingerprint density at radius 3 is 2.20 bits per heavy atom. The van der Waals surface area contributed by atoms with E-state index in [2.05, 4.69) is 4.98 Å². The predicted octanol–water partition coefficient (Wildman–Crippen LogP) is 2.23. The zero-order valence-electron chi connectivity index (χ0n) is 13.8. The molecule has 3 aromatic rings. The van der Waals surface area contributed by atoms with Crippen molar-refractivity contribution in [1.29, 1.82) is 0 Å². The van der Waals surface area contributed by atoms with E-state index in [1.165, 1.54) is 0 Å². The van der Waals surface area contributed by atoms with Gasteiger partial charge in [0.25, 0.3) is 0 Å². The standard InChI is InChI=1S/C17H18N4O3S/c1-21(2)14-10-8-13(9-11-14)16-15(12-6-4-3-5-7-12)19-17(24-16)25(22,23)20-18/h3-11,20H,18H2,1-2H3. The smallest absolute Gasteiger partial charge is 0.333 e. The summed E-state index contributed by atoms with van der Waals surface area (Å²) in [6, 6.07) is 16.8. The van der Waals surface area contributed by atoms with Crippen LogP contribution in [0, 0.1) is 0 Å². The highest BCUT2D eigenvalue weighted by Gasteiger charge is 2.25. The van der Waals surface area contributed by atoms with E-state index in [9.17, 15) is 8.42 Å². The monoisotopic (exact) mass is 358 g/mol. The largest absolute Gasteiger partial charge is 0.426 e. The van der Waals surface area contributed by atoms with Crippen LogP contribution >= 0.6 is 0 Å². The summed E-state index contributed by atoms with van der Waals surface area (Å²) >= 11 is 0. The first-order valence-electron chi connectivity index (χ1n) is 7.49. The molecule has 0 aliphatic rings. The number of rotatable bonds is 5. The maximum absolute atomic E-state index is 12.0. The van der Waals surface area contributed by atoms with Crippen LogP contribution in [-0.4, -0.2) is 27.5 Å². The summed E-state index contributed by atoms with van der Waals surface area (Å²) < 4.78 is 29.5. The molecule has 0 atom stereocenters. The molecule has 2 aromatic carbocycles. The molecule has 1 heterocycles. The van der Waals surface area contributed by atoms with E-state index in [4.69, 9.17) is 10.3 Å². The average Bonchev–Trinajstić information content (AvgIpc) is 3.09. The summed E-state index contributed by atoms with van der Waals surface area (Å²) in [5, 5.41) is -0.472. The molecule has 0 amide bonds. The number of hydrogen-bond donors (Lipinski definition) is 2. The molecule has 130 valence electrons. The summed E-state index contributed by atoms with van der Waals surface area (Å²) in [7, 11) is -0.114. The quantitative estimate of drug-likeness (QED) is 0.536. The average molecular weight is 358 g/mol. The van der Waals surface area contributed by atoms with Crippen LogP contribution in [0.15, 0.2) is 64.2 Å². The number of hydrazine groups is 1. The van der Waals surface area contributed by atoms with Gasteiger partial charge in [0.15, 0.2) is 5.76 Å². The van der Waals surface area contributed by atoms with Gasteiger partial charge in [-0.3, -0.25) is 5.84 Å². The first-order chi connectivity index (χ1) is 11.9. The predicted molar refractivity (Wildman–Crippen MR) is 96.2 cm³/mol. The number of hydrogen-bond acceptors (Lipinski definition) is 6. The van der Waals surface area contributed by atoms with Crippen LogP contribution < -0.4 is 15.6 Å². The lowest BCUT2D eigenvalue weighted by Gasteiger charge is -2.12. The molecule has 0 aliphatic heterocycles. The fraction of sp³-hybridized carbons (Fsp3) is 0.118. The Morgan fingerprint density at radius 1 is 1.00 bits per heavy atom. The van der Waals surface area contributed by atoms with Crippen molar-refractivity contribution in [3.05, 3.63) is 54.6 Å². The fourth-order valence-electron chi connectivity index (χ4n) is 2.36. The van der Waals surface area contributed by atoms with Crippen molar-refractivity contribution in [2.75, 3.05) is 19.0 Å². The number of benzene rings is 2. The molecule has 7 nitrogen and oxygen atoms in total. The molecule has 0 radical (unpaired) electrons. The number of nitrogens with two attached hydrogens (primary N) is 1. The van der Waals surface area contributed by atoms with Gasteiger partial charge in [0.2, 0.25) is 0 Å². The number of aromatic nitrogens is 1. The van der Waals surface area contributed by atoms with Gasteiger partial charge in [-0.2, -0.15) is 4.98 Å². The van der Waals surface area contributed by atoms with Gasteiger partial charge in [0.05, 0.1) is 0 Å². The van der Waals surface area contributed by atoms with Crippen LogP contribution in [-0.2, 0) is 10.0 Å². The summed E-state index contributed by atoms with van der Waals surface area (Å²) in [6.07, 6.45) is 0. The van der Waals surface area contributed by atoms with E-state index < -0.39 is 15.2 Å². The molecule has 0 spiro atoms. The molecule has 0 saturated carbocycles. The second-order valence-electron chi connectivity index (χ2n) is 5.59. The number of oxazole rings is 1. The second-order valence-corrected chi connectivity index (χ2v) is 7.18. The normalized spacial score (nSPS) is 11.5. The van der Waals surface area contributed by atoms with Gasteiger partial charge in [-0.1, -0.05) is 30.3 Å². The van der Waals surface area contributed by atoms with Crippen LogP contribution in [0.4, 0.5) is 5.69 Å². The van der Waals surface area contributed by atoms with Gasteiger partial charge in [-0.05, 0) is 24.3 Å². The van der Waals surface area contributed by atoms with Crippen molar-refractivity contribution < 1.29 is 12.8 Å². The Bertz CT molecular complexity index is 965. The van der Waals surface area contributed by atoms with Crippen LogP contribution in [0.5, 0.6) is 0 Å². The van der Waals surface area contributed by atoms with E-state index >= 15 is 0 Å². The zero-order chi connectivity index (χ0) is 18.0. The molecular formula is C17H18N4O3S. The summed E-state index contributed by atoms with van der Waals surface area (Å²) in [4.78, 5) is 7.85. The van der Waals surface area contributed by atoms with Gasteiger partial charge < -0.3 is 9.32 Å². The first-order valence-corrected chi connectivity index (χ1v) is 8.97. The summed E-state index contributed by atoms with van der Waals surface area (Å²) in [6.45, 7) is 0. The molecular weight excluding hydrogens is 340 g/mol. The minimum Gasteiger partial charge on any atom is -0.426 e. The van der Waals surface area contributed by atoms with Crippen LogP contribution in [0.2, 0.25) is 0 Å². The lowest BCUT2D eigenvalue weighted by atomic mass is 10.1. The Balaban J connectivity index is 2.17. The minimum atomic E-state index is -4.00. The number of sulfonamides is 1. The molecule has 1 aromatic heterocycles. The lowest BCUT2D eigenvalue weighted by molar-refractivity contribution is 0.436. The molecule has 25 heavy (non-hydrogen) atoms. The Morgan fingerprint density at radius 2 is 1.64 bits per heavy atom. The van der Waals surface area contributed by atoms with Gasteiger partial charge in [0, 0.05) is 30.9 Å². The molecule has 0 saturated heterocycles. The first kappa shape index (κ1) is 17.2. The van der Waals surface area contributed by atoms with Gasteiger partial charge >= 0.3 is 15.2 Å². The fourth-order valence-corrected chi connectivity index (χ4v) is 2.87. The van der Waals surface area contributed by atoms with E-state index in [0.717, 1.165) is 16.8 Å². The highest BCUT2D eigenvalue weighted by atomic mass is 32.2. The lowest BCUT2D eigenvalue weighted by Crippen LogP contribution is -2.30. The molecule has 0 unspecified atom stereocenters. The van der Waals surface area contributed by atoms with Crippen LogP contribution in [0.3, 0.4) is 0 Å². The topological polar surface area (TPSA) is 101 Å². The Hall–Kier alpha value is -2.68. The maximum atomic E-state index is 12.0. The van der Waals surface area contributed by atoms with Crippen LogP contribution in [0.25, 0.3) is 22.6 Å². The Kier molecular flexibility index (Phi) is 4.58. The van der Waals surface area contributed by atoms with Gasteiger partial charge in [-0.15, -0.1) is 4.83 Å². The highest BCUT2D eigenvalue weighted by Crippen LogP contribution is 2.34. The van der Waals surface area contributed by atoms with Gasteiger partial charge in [0.1, 0.15) is 5.69 Å². The van der Waals surface area contributed by atoms with E-state index in [0.29, 0.717) is 11.5 Å². The van der Waals surface area contributed by atoms with Crippen molar-refractivity contribution in [2.24, 2.45) is 5.84 Å². The zero-order valence-corrected chi connectivity index (χ0v) is 14.6. The van der Waals surface area contributed by atoms with Crippen LogP contribution in [0.1, 0.15) is 0 Å². The second kappa shape index (κ2) is 6.67. The van der Waals surface area contributed by atoms with Crippen molar-refractivity contribution in [1.82, 2.24) is 9.82 Å².